The van der Waals surface area contributed by atoms with Gasteiger partial charge in [0.2, 0.25) is 0 Å². The number of nitrogens with zero attached hydrogens (tertiary/aromatic N) is 4. The smallest absolute Gasteiger partial charge is 0.165 e. The van der Waals surface area contributed by atoms with Crippen LogP contribution in [0.5, 0.6) is 11.5 Å². The summed E-state index contributed by atoms with van der Waals surface area (Å²) >= 11 is 0. The van der Waals surface area contributed by atoms with Gasteiger partial charge in [-0.2, -0.15) is 0 Å². The lowest BCUT2D eigenvalue weighted by molar-refractivity contribution is 0.194. The van der Waals surface area contributed by atoms with Gasteiger partial charge in [0.1, 0.15) is 0 Å². The summed E-state index contributed by atoms with van der Waals surface area (Å²) in [5.74, 6) is 1.65. The summed E-state index contributed by atoms with van der Waals surface area (Å²) < 4.78 is 13.2. The minimum Gasteiger partial charge on any atom is -0.493 e. The zero-order valence-electron chi connectivity index (χ0n) is 14.8. The Morgan fingerprint density at radius 3 is 2.85 bits per heavy atom. The van der Waals surface area contributed by atoms with Crippen LogP contribution in [0.25, 0.3) is 5.69 Å². The van der Waals surface area contributed by atoms with Gasteiger partial charge in [-0.1, -0.05) is 35.5 Å². The zero-order chi connectivity index (χ0) is 17.8. The first-order chi connectivity index (χ1) is 12.8. The van der Waals surface area contributed by atoms with Crippen LogP contribution < -0.4 is 9.47 Å². The molecule has 0 N–H and O–H groups in total. The van der Waals surface area contributed by atoms with Crippen LogP contribution in [0.1, 0.15) is 17.7 Å². The normalized spacial score (nSPS) is 14.8. The predicted octanol–water partition coefficient (Wildman–Crippen LogP) is 3.06. The summed E-state index contributed by atoms with van der Waals surface area (Å²) in [6.07, 6.45) is 2.96. The molecule has 1 aliphatic rings. The second-order valence-electron chi connectivity index (χ2n) is 6.35. The maximum Gasteiger partial charge on any atom is 0.165 e. The van der Waals surface area contributed by atoms with Gasteiger partial charge in [-0.3, -0.25) is 4.90 Å². The van der Waals surface area contributed by atoms with E-state index in [0.29, 0.717) is 6.61 Å². The predicted molar refractivity (Wildman–Crippen MR) is 98.6 cm³/mol. The van der Waals surface area contributed by atoms with E-state index in [9.17, 15) is 0 Å². The lowest BCUT2D eigenvalue weighted by Crippen LogP contribution is -2.27. The highest BCUT2D eigenvalue weighted by atomic mass is 16.5. The molecule has 0 atom stereocenters. The molecule has 0 radical (unpaired) electrons. The molecule has 26 heavy (non-hydrogen) atoms. The standard InChI is InChI=1S/C20H22N4O2/c1-25-19-10-5-7-16-13-23(11-6-12-26-20(16)19)14-17-15-24(22-21-17)18-8-3-2-4-9-18/h2-5,7-10,15H,6,11-14H2,1H3. The molecular formula is C20H22N4O2. The van der Waals surface area contributed by atoms with E-state index in [1.54, 1.807) is 7.11 Å². The minimum atomic E-state index is 0.681. The first-order valence-corrected chi connectivity index (χ1v) is 8.81. The van der Waals surface area contributed by atoms with E-state index < -0.39 is 0 Å². The fourth-order valence-electron chi connectivity index (χ4n) is 3.23. The molecule has 0 spiro atoms. The van der Waals surface area contributed by atoms with Crippen molar-refractivity contribution in [2.45, 2.75) is 19.5 Å². The van der Waals surface area contributed by atoms with Crippen LogP contribution in [0.15, 0.2) is 54.7 Å². The summed E-state index contributed by atoms with van der Waals surface area (Å²) in [5.41, 5.74) is 3.11. The Kier molecular flexibility index (Phi) is 4.84. The van der Waals surface area contributed by atoms with E-state index in [0.717, 1.165) is 54.5 Å². The summed E-state index contributed by atoms with van der Waals surface area (Å²) in [5, 5.41) is 8.61. The van der Waals surface area contributed by atoms with Crippen molar-refractivity contribution < 1.29 is 9.47 Å². The molecule has 134 valence electrons. The van der Waals surface area contributed by atoms with Gasteiger partial charge >= 0.3 is 0 Å². The van der Waals surface area contributed by atoms with Gasteiger partial charge in [-0.15, -0.1) is 5.10 Å². The third-order valence-electron chi connectivity index (χ3n) is 4.49. The molecule has 0 aliphatic carbocycles. The van der Waals surface area contributed by atoms with Crippen LogP contribution in [0.4, 0.5) is 0 Å². The highest BCUT2D eigenvalue weighted by Crippen LogP contribution is 2.33. The van der Waals surface area contributed by atoms with E-state index in [4.69, 9.17) is 9.47 Å². The molecule has 0 saturated carbocycles. The van der Waals surface area contributed by atoms with Crippen molar-refractivity contribution in [1.82, 2.24) is 19.9 Å². The monoisotopic (exact) mass is 350 g/mol. The Bertz CT molecular complexity index is 863. The average Bonchev–Trinajstić information content (AvgIpc) is 3.13. The van der Waals surface area contributed by atoms with Crippen LogP contribution >= 0.6 is 0 Å². The number of fused-ring (bicyclic) bond motifs is 1. The Labute approximate surface area is 153 Å². The number of aromatic nitrogens is 3. The largest absolute Gasteiger partial charge is 0.493 e. The number of benzene rings is 2. The van der Waals surface area contributed by atoms with Gasteiger partial charge in [-0.25, -0.2) is 4.68 Å². The van der Waals surface area contributed by atoms with Crippen molar-refractivity contribution in [1.29, 1.82) is 0 Å². The first kappa shape index (κ1) is 16.6. The maximum atomic E-state index is 5.93. The molecule has 0 amide bonds. The number of methoxy groups -OCH3 is 1. The molecule has 6 nitrogen and oxygen atoms in total. The van der Waals surface area contributed by atoms with Gasteiger partial charge in [-0.05, 0) is 24.6 Å². The Morgan fingerprint density at radius 1 is 1.12 bits per heavy atom. The molecule has 2 aromatic carbocycles. The summed E-state index contributed by atoms with van der Waals surface area (Å²) in [7, 11) is 1.68. The molecule has 6 heteroatoms. The number of hydrogen-bond donors (Lipinski definition) is 0. The molecule has 1 aliphatic heterocycles. The van der Waals surface area contributed by atoms with Gasteiger partial charge < -0.3 is 9.47 Å². The van der Waals surface area contributed by atoms with Gasteiger partial charge in [0.05, 0.1) is 31.3 Å². The second kappa shape index (κ2) is 7.58. The fourth-order valence-corrected chi connectivity index (χ4v) is 3.23. The van der Waals surface area contributed by atoms with Crippen molar-refractivity contribution >= 4 is 0 Å². The minimum absolute atomic E-state index is 0.681. The molecule has 0 saturated heterocycles. The van der Waals surface area contributed by atoms with E-state index in [-0.39, 0.29) is 0 Å². The number of ether oxygens (including phenoxy) is 2. The number of hydrogen-bond acceptors (Lipinski definition) is 5. The third-order valence-corrected chi connectivity index (χ3v) is 4.49. The first-order valence-electron chi connectivity index (χ1n) is 8.81. The topological polar surface area (TPSA) is 52.4 Å². The molecule has 0 fully saturated rings. The van der Waals surface area contributed by atoms with E-state index in [1.807, 2.05) is 53.3 Å². The zero-order valence-corrected chi connectivity index (χ0v) is 14.8. The van der Waals surface area contributed by atoms with Crippen LogP contribution in [-0.2, 0) is 13.1 Å². The average molecular weight is 350 g/mol. The molecule has 0 unspecified atom stereocenters. The molecule has 3 aromatic rings. The second-order valence-corrected chi connectivity index (χ2v) is 6.35. The Morgan fingerprint density at radius 2 is 2.00 bits per heavy atom. The van der Waals surface area contributed by atoms with Crippen molar-refractivity contribution in [2.24, 2.45) is 0 Å². The van der Waals surface area contributed by atoms with Crippen LogP contribution in [0, 0.1) is 0 Å². The SMILES string of the molecule is COc1cccc2c1OCCCN(Cc1cn(-c3ccccc3)nn1)C2. The van der Waals surface area contributed by atoms with Gasteiger partial charge in [0, 0.05) is 25.2 Å². The van der Waals surface area contributed by atoms with Gasteiger partial charge in [0.25, 0.3) is 0 Å². The number of para-hydroxylation sites is 2. The summed E-state index contributed by atoms with van der Waals surface area (Å²) in [6.45, 7) is 3.18. The van der Waals surface area contributed by atoms with Crippen LogP contribution in [-0.4, -0.2) is 40.2 Å². The summed E-state index contributed by atoms with van der Waals surface area (Å²) in [4.78, 5) is 2.38. The van der Waals surface area contributed by atoms with Crippen molar-refractivity contribution in [3.05, 3.63) is 66.0 Å². The van der Waals surface area contributed by atoms with Crippen LogP contribution in [0.2, 0.25) is 0 Å². The van der Waals surface area contributed by atoms with Crippen LogP contribution in [0.3, 0.4) is 0 Å². The van der Waals surface area contributed by atoms with Crippen molar-refractivity contribution in [3.63, 3.8) is 0 Å². The summed E-state index contributed by atoms with van der Waals surface area (Å²) in [6, 6.07) is 16.1. The Balaban J connectivity index is 1.52. The van der Waals surface area contributed by atoms with Crippen molar-refractivity contribution in [2.75, 3.05) is 20.3 Å². The third kappa shape index (κ3) is 3.55. The van der Waals surface area contributed by atoms with Gasteiger partial charge in [0.15, 0.2) is 11.5 Å². The highest BCUT2D eigenvalue weighted by Gasteiger charge is 2.18. The number of rotatable bonds is 4. The molecule has 2 heterocycles. The van der Waals surface area contributed by atoms with E-state index in [1.165, 1.54) is 0 Å². The molecule has 0 bridgehead atoms. The Hall–Kier alpha value is -2.86. The molecule has 4 rings (SSSR count). The lowest BCUT2D eigenvalue weighted by atomic mass is 10.1. The lowest BCUT2D eigenvalue weighted by Gasteiger charge is -2.26. The fraction of sp³-hybridized carbons (Fsp3) is 0.300. The highest BCUT2D eigenvalue weighted by molar-refractivity contribution is 5.46. The van der Waals surface area contributed by atoms with E-state index >= 15 is 0 Å². The molecule has 1 aromatic heterocycles. The van der Waals surface area contributed by atoms with Crippen molar-refractivity contribution in [3.8, 4) is 17.2 Å². The molecular weight excluding hydrogens is 328 g/mol. The van der Waals surface area contributed by atoms with E-state index in [2.05, 4.69) is 21.3 Å². The quantitative estimate of drug-likeness (QED) is 0.724. The maximum absolute atomic E-state index is 5.93.